The van der Waals surface area contributed by atoms with Crippen LogP contribution in [0.5, 0.6) is 0 Å². The molecule has 0 fully saturated rings. The Bertz CT molecular complexity index is 609. The fraction of sp³-hybridized carbons (Fsp3) is 0.478. The molecule has 0 radical (unpaired) electrons. The van der Waals surface area contributed by atoms with Gasteiger partial charge in [-0.25, -0.2) is 0 Å². The molecule has 0 saturated carbocycles. The molecule has 0 aliphatic carbocycles. The SMILES string of the molecule is C[C@H](CO[Si](c1ccccc1)(c1ccccc1)C(C)(C)C)C[C@@H](C)CO. The Morgan fingerprint density at radius 1 is 0.846 bits per heavy atom. The highest BCUT2D eigenvalue weighted by Gasteiger charge is 2.50. The van der Waals surface area contributed by atoms with Gasteiger partial charge in [-0.2, -0.15) is 0 Å². The number of hydrogen-bond acceptors (Lipinski definition) is 2. The lowest BCUT2D eigenvalue weighted by molar-refractivity contribution is 0.181. The molecule has 1 N–H and O–H groups in total. The van der Waals surface area contributed by atoms with Crippen LogP contribution in [0.4, 0.5) is 0 Å². The fourth-order valence-corrected chi connectivity index (χ4v) is 8.55. The molecule has 0 aliphatic heterocycles. The smallest absolute Gasteiger partial charge is 0.261 e. The first-order valence-corrected chi connectivity index (χ1v) is 11.6. The van der Waals surface area contributed by atoms with Gasteiger partial charge in [0.1, 0.15) is 0 Å². The number of hydrogen-bond donors (Lipinski definition) is 1. The predicted molar refractivity (Wildman–Crippen MR) is 114 cm³/mol. The second kappa shape index (κ2) is 8.98. The van der Waals surface area contributed by atoms with Gasteiger partial charge in [-0.1, -0.05) is 95.3 Å². The molecule has 0 saturated heterocycles. The molecule has 0 aliphatic rings. The quantitative estimate of drug-likeness (QED) is 0.705. The first-order chi connectivity index (χ1) is 12.3. The van der Waals surface area contributed by atoms with Crippen molar-refractivity contribution < 1.29 is 9.53 Å². The Labute approximate surface area is 160 Å². The molecule has 0 bridgehead atoms. The van der Waals surface area contributed by atoms with E-state index in [1.165, 1.54) is 10.4 Å². The monoisotopic (exact) mass is 370 g/mol. The van der Waals surface area contributed by atoms with Crippen LogP contribution in [0, 0.1) is 11.8 Å². The zero-order chi connectivity index (χ0) is 19.2. The van der Waals surface area contributed by atoms with Gasteiger partial charge < -0.3 is 9.53 Å². The lowest BCUT2D eigenvalue weighted by Gasteiger charge is -2.43. The van der Waals surface area contributed by atoms with Crippen LogP contribution in [0.15, 0.2) is 60.7 Å². The van der Waals surface area contributed by atoms with Crippen LogP contribution in [0.3, 0.4) is 0 Å². The highest BCUT2D eigenvalue weighted by atomic mass is 28.4. The van der Waals surface area contributed by atoms with E-state index in [9.17, 15) is 5.11 Å². The van der Waals surface area contributed by atoms with Crippen molar-refractivity contribution in [2.45, 2.75) is 46.1 Å². The minimum absolute atomic E-state index is 0.0119. The maximum Gasteiger partial charge on any atom is 0.261 e. The molecule has 26 heavy (non-hydrogen) atoms. The summed E-state index contributed by atoms with van der Waals surface area (Å²) in [6.45, 7) is 12.2. The molecule has 2 nitrogen and oxygen atoms in total. The molecule has 2 aromatic carbocycles. The standard InChI is InChI=1S/C23H34O2Si/c1-19(17-24)16-20(2)18-25-26(23(3,4)5,21-12-8-6-9-13-21)22-14-10-7-11-15-22/h6-15,19-20,24H,16-18H2,1-5H3/t19-,20+/m1/s1. The molecule has 0 unspecified atom stereocenters. The summed E-state index contributed by atoms with van der Waals surface area (Å²) in [5, 5.41) is 12.0. The van der Waals surface area contributed by atoms with E-state index in [2.05, 4.69) is 95.3 Å². The molecule has 0 amide bonds. The normalized spacial score (nSPS) is 14.8. The first-order valence-electron chi connectivity index (χ1n) is 9.67. The summed E-state index contributed by atoms with van der Waals surface area (Å²) in [7, 11) is -2.44. The third-order valence-electron chi connectivity index (χ3n) is 5.12. The van der Waals surface area contributed by atoms with Crippen molar-refractivity contribution in [1.29, 1.82) is 0 Å². The van der Waals surface area contributed by atoms with Crippen molar-refractivity contribution in [3.63, 3.8) is 0 Å². The van der Waals surface area contributed by atoms with Crippen LogP contribution in [0.25, 0.3) is 0 Å². The Morgan fingerprint density at radius 2 is 1.31 bits per heavy atom. The lowest BCUT2D eigenvalue weighted by Crippen LogP contribution is -2.66. The lowest BCUT2D eigenvalue weighted by atomic mass is 9.99. The zero-order valence-corrected chi connectivity index (χ0v) is 17.9. The molecule has 0 spiro atoms. The molecule has 3 heteroatoms. The van der Waals surface area contributed by atoms with Crippen molar-refractivity contribution in [2.24, 2.45) is 11.8 Å². The van der Waals surface area contributed by atoms with E-state index in [1.54, 1.807) is 0 Å². The van der Waals surface area contributed by atoms with Crippen molar-refractivity contribution >= 4 is 18.7 Å². The van der Waals surface area contributed by atoms with E-state index in [1.807, 2.05) is 0 Å². The highest BCUT2D eigenvalue weighted by Crippen LogP contribution is 2.37. The molecular formula is C23H34O2Si. The van der Waals surface area contributed by atoms with Crippen LogP contribution in [-0.4, -0.2) is 26.6 Å². The van der Waals surface area contributed by atoms with Crippen LogP contribution >= 0.6 is 0 Å². The van der Waals surface area contributed by atoms with E-state index >= 15 is 0 Å². The van der Waals surface area contributed by atoms with Crippen LogP contribution in [-0.2, 0) is 4.43 Å². The van der Waals surface area contributed by atoms with E-state index < -0.39 is 8.32 Å². The van der Waals surface area contributed by atoms with Gasteiger partial charge >= 0.3 is 0 Å². The molecule has 2 rings (SSSR count). The maximum absolute atomic E-state index is 9.36. The highest BCUT2D eigenvalue weighted by molar-refractivity contribution is 6.99. The number of aliphatic hydroxyl groups is 1. The fourth-order valence-electron chi connectivity index (χ4n) is 3.86. The van der Waals surface area contributed by atoms with Gasteiger partial charge in [-0.15, -0.1) is 0 Å². The van der Waals surface area contributed by atoms with Crippen LogP contribution in [0.1, 0.15) is 41.0 Å². The zero-order valence-electron chi connectivity index (χ0n) is 16.9. The largest absolute Gasteiger partial charge is 0.407 e. The summed E-state index contributed by atoms with van der Waals surface area (Å²) in [5.74, 6) is 0.728. The van der Waals surface area contributed by atoms with E-state index in [4.69, 9.17) is 4.43 Å². The van der Waals surface area contributed by atoms with Crippen molar-refractivity contribution in [3.05, 3.63) is 60.7 Å². The minimum Gasteiger partial charge on any atom is -0.407 e. The molecule has 2 atom stereocenters. The van der Waals surface area contributed by atoms with Gasteiger partial charge in [0.25, 0.3) is 8.32 Å². The van der Waals surface area contributed by atoms with Crippen molar-refractivity contribution in [3.8, 4) is 0 Å². The Balaban J connectivity index is 2.44. The third-order valence-corrected chi connectivity index (χ3v) is 10.1. The third kappa shape index (κ3) is 4.64. The Kier molecular flexibility index (Phi) is 7.21. The molecule has 0 heterocycles. The summed E-state index contributed by atoms with van der Waals surface area (Å²) < 4.78 is 6.93. The van der Waals surface area contributed by atoms with E-state index in [-0.39, 0.29) is 11.6 Å². The van der Waals surface area contributed by atoms with Gasteiger partial charge in [-0.3, -0.25) is 0 Å². The van der Waals surface area contributed by atoms with E-state index in [0.717, 1.165) is 13.0 Å². The number of benzene rings is 2. The molecule has 0 aromatic heterocycles. The van der Waals surface area contributed by atoms with Crippen molar-refractivity contribution in [2.75, 3.05) is 13.2 Å². The average Bonchev–Trinajstić information content (AvgIpc) is 2.62. The van der Waals surface area contributed by atoms with Gasteiger partial charge in [0.05, 0.1) is 0 Å². The number of aliphatic hydroxyl groups excluding tert-OH is 1. The predicted octanol–water partition coefficient (Wildman–Crippen LogP) is 4.22. The average molecular weight is 371 g/mol. The number of rotatable bonds is 8. The summed E-state index contributed by atoms with van der Waals surface area (Å²) >= 11 is 0. The Morgan fingerprint density at radius 3 is 1.69 bits per heavy atom. The summed E-state index contributed by atoms with van der Waals surface area (Å²) in [6.07, 6.45) is 0.981. The van der Waals surface area contributed by atoms with Gasteiger partial charge in [0.15, 0.2) is 0 Å². The van der Waals surface area contributed by atoms with Gasteiger partial charge in [0.2, 0.25) is 0 Å². The summed E-state index contributed by atoms with van der Waals surface area (Å²) in [6, 6.07) is 21.5. The Hall–Kier alpha value is -1.42. The molecule has 2 aromatic rings. The van der Waals surface area contributed by atoms with Crippen molar-refractivity contribution in [1.82, 2.24) is 0 Å². The van der Waals surface area contributed by atoms with Gasteiger partial charge in [0, 0.05) is 13.2 Å². The minimum atomic E-state index is -2.44. The summed E-state index contributed by atoms with van der Waals surface area (Å²) in [4.78, 5) is 0. The van der Waals surface area contributed by atoms with Crippen LogP contribution < -0.4 is 10.4 Å². The van der Waals surface area contributed by atoms with Gasteiger partial charge in [-0.05, 0) is 33.7 Å². The molecular weight excluding hydrogens is 336 g/mol. The molecule has 142 valence electrons. The maximum atomic E-state index is 9.36. The van der Waals surface area contributed by atoms with Crippen LogP contribution in [0.2, 0.25) is 5.04 Å². The topological polar surface area (TPSA) is 29.5 Å². The summed E-state index contributed by atoms with van der Waals surface area (Å²) in [5.41, 5.74) is 0. The second-order valence-electron chi connectivity index (χ2n) is 8.60. The first kappa shape index (κ1) is 20.9. The second-order valence-corrected chi connectivity index (χ2v) is 12.9. The van der Waals surface area contributed by atoms with E-state index in [0.29, 0.717) is 11.8 Å².